The van der Waals surface area contributed by atoms with Crippen LogP contribution >= 0.6 is 11.6 Å². The maximum Gasteiger partial charge on any atom is 0.273 e. The summed E-state index contributed by atoms with van der Waals surface area (Å²) < 4.78 is 5.72. The minimum absolute atomic E-state index is 0.0287. The lowest BCUT2D eigenvalue weighted by Gasteiger charge is -2.30. The first-order valence-electron chi connectivity index (χ1n) is 9.91. The largest absolute Gasteiger partial charge is 0.494 e. The lowest BCUT2D eigenvalue weighted by molar-refractivity contribution is 0.0688. The third-order valence-electron chi connectivity index (χ3n) is 5.15. The van der Waals surface area contributed by atoms with Gasteiger partial charge < -0.3 is 9.64 Å². The van der Waals surface area contributed by atoms with Crippen molar-refractivity contribution in [3.8, 4) is 17.0 Å². The molecule has 2 heterocycles. The Morgan fingerprint density at radius 3 is 2.45 bits per heavy atom. The van der Waals surface area contributed by atoms with Gasteiger partial charge in [-0.15, -0.1) is 0 Å². The normalized spacial score (nSPS) is 15.8. The van der Waals surface area contributed by atoms with Gasteiger partial charge in [-0.1, -0.05) is 42.8 Å². The van der Waals surface area contributed by atoms with E-state index in [0.717, 1.165) is 34.6 Å². The number of fused-ring (bicyclic) bond motifs is 1. The molecule has 0 saturated heterocycles. The van der Waals surface area contributed by atoms with Gasteiger partial charge in [-0.2, -0.15) is 5.10 Å². The Morgan fingerprint density at radius 1 is 1.14 bits per heavy atom. The Bertz CT molecular complexity index is 1010. The summed E-state index contributed by atoms with van der Waals surface area (Å²) in [5, 5.41) is 8.12. The predicted octanol–water partition coefficient (Wildman–Crippen LogP) is 5.47. The average molecular weight is 410 g/mol. The van der Waals surface area contributed by atoms with E-state index in [1.807, 2.05) is 67.3 Å². The maximum absolute atomic E-state index is 13.1. The Balaban J connectivity index is 1.79. The molecule has 0 fully saturated rings. The summed E-state index contributed by atoms with van der Waals surface area (Å²) in [5.74, 6) is 0.806. The van der Waals surface area contributed by atoms with Gasteiger partial charge in [0.15, 0.2) is 0 Å². The average Bonchev–Trinajstić information content (AvgIpc) is 3.26. The van der Waals surface area contributed by atoms with Crippen LogP contribution in [0.25, 0.3) is 11.3 Å². The van der Waals surface area contributed by atoms with Crippen LogP contribution in [0.4, 0.5) is 0 Å². The summed E-state index contributed by atoms with van der Waals surface area (Å²) in [4.78, 5) is 15.0. The second kappa shape index (κ2) is 7.91. The van der Waals surface area contributed by atoms with Crippen molar-refractivity contribution in [3.63, 3.8) is 0 Å². The van der Waals surface area contributed by atoms with Crippen molar-refractivity contribution in [2.75, 3.05) is 6.61 Å². The summed E-state index contributed by atoms with van der Waals surface area (Å²) in [6, 6.07) is 15.4. The van der Waals surface area contributed by atoms with Crippen LogP contribution in [-0.2, 0) is 0 Å². The SMILES string of the molecule is CCCOc1ccc(C2c3c(-c4ccc(Cl)cc4)n[nH]c3C(=O)N2C(C)C)cc1. The Hall–Kier alpha value is -2.79. The van der Waals surface area contributed by atoms with E-state index < -0.39 is 0 Å². The smallest absolute Gasteiger partial charge is 0.273 e. The fourth-order valence-electron chi connectivity index (χ4n) is 3.82. The number of aromatic nitrogens is 2. The zero-order valence-electron chi connectivity index (χ0n) is 16.8. The highest BCUT2D eigenvalue weighted by molar-refractivity contribution is 6.30. The van der Waals surface area contributed by atoms with Crippen molar-refractivity contribution in [1.29, 1.82) is 0 Å². The summed E-state index contributed by atoms with van der Waals surface area (Å²) >= 11 is 6.05. The molecule has 1 aliphatic rings. The van der Waals surface area contributed by atoms with Crippen LogP contribution in [0, 0.1) is 0 Å². The van der Waals surface area contributed by atoms with Crippen LogP contribution in [0.2, 0.25) is 5.02 Å². The van der Waals surface area contributed by atoms with E-state index in [1.54, 1.807) is 0 Å². The molecule has 0 aliphatic carbocycles. The van der Waals surface area contributed by atoms with E-state index in [1.165, 1.54) is 0 Å². The molecule has 0 saturated carbocycles. The maximum atomic E-state index is 13.1. The van der Waals surface area contributed by atoms with E-state index >= 15 is 0 Å². The van der Waals surface area contributed by atoms with Crippen molar-refractivity contribution in [2.24, 2.45) is 0 Å². The first-order chi connectivity index (χ1) is 14.0. The highest BCUT2D eigenvalue weighted by Gasteiger charge is 2.43. The number of amides is 1. The van der Waals surface area contributed by atoms with Crippen LogP contribution in [0.5, 0.6) is 5.75 Å². The molecule has 0 spiro atoms. The van der Waals surface area contributed by atoms with Crippen molar-refractivity contribution < 1.29 is 9.53 Å². The molecule has 1 unspecified atom stereocenters. The first-order valence-corrected chi connectivity index (χ1v) is 10.3. The van der Waals surface area contributed by atoms with Gasteiger partial charge in [-0.25, -0.2) is 0 Å². The van der Waals surface area contributed by atoms with Crippen LogP contribution < -0.4 is 4.74 Å². The standard InChI is InChI=1S/C23H24ClN3O2/c1-4-13-29-18-11-7-16(8-12-18)22-19-20(15-5-9-17(24)10-6-15)25-26-21(19)23(28)27(22)14(2)3/h5-12,14,22H,4,13H2,1-3H3,(H,25,26). The summed E-state index contributed by atoms with van der Waals surface area (Å²) in [6.45, 7) is 6.83. The van der Waals surface area contributed by atoms with E-state index in [-0.39, 0.29) is 18.0 Å². The predicted molar refractivity (Wildman–Crippen MR) is 114 cm³/mol. The Labute approximate surface area is 175 Å². The molecule has 150 valence electrons. The lowest BCUT2D eigenvalue weighted by atomic mass is 9.95. The third-order valence-corrected chi connectivity index (χ3v) is 5.40. The Kier molecular flexibility index (Phi) is 5.33. The van der Waals surface area contributed by atoms with Gasteiger partial charge in [0.05, 0.1) is 18.3 Å². The molecule has 4 rings (SSSR count). The van der Waals surface area contributed by atoms with Crippen molar-refractivity contribution in [2.45, 2.75) is 39.3 Å². The van der Waals surface area contributed by atoms with E-state index in [2.05, 4.69) is 17.1 Å². The second-order valence-corrected chi connectivity index (χ2v) is 7.93. The van der Waals surface area contributed by atoms with Gasteiger partial charge >= 0.3 is 0 Å². The number of rotatable bonds is 6. The quantitative estimate of drug-likeness (QED) is 0.587. The van der Waals surface area contributed by atoms with Crippen molar-refractivity contribution in [1.82, 2.24) is 15.1 Å². The minimum atomic E-state index is -0.206. The molecule has 1 aromatic heterocycles. The van der Waals surface area contributed by atoms with Crippen LogP contribution in [0.3, 0.4) is 0 Å². The van der Waals surface area contributed by atoms with Crippen molar-refractivity contribution in [3.05, 3.63) is 70.4 Å². The molecule has 1 atom stereocenters. The number of benzene rings is 2. The number of H-pyrrole nitrogens is 1. The summed E-state index contributed by atoms with van der Waals surface area (Å²) in [6.07, 6.45) is 0.961. The molecule has 5 nitrogen and oxygen atoms in total. The Morgan fingerprint density at radius 2 is 1.83 bits per heavy atom. The van der Waals surface area contributed by atoms with E-state index in [9.17, 15) is 4.79 Å². The van der Waals surface area contributed by atoms with Gasteiger partial charge in [0.2, 0.25) is 0 Å². The van der Waals surface area contributed by atoms with Crippen LogP contribution in [0.1, 0.15) is 54.8 Å². The number of hydrogen-bond donors (Lipinski definition) is 1. The molecule has 1 amide bonds. The van der Waals surface area contributed by atoms with Crippen molar-refractivity contribution >= 4 is 17.5 Å². The molecular formula is C23H24ClN3O2. The van der Waals surface area contributed by atoms with Gasteiger partial charge in [0.25, 0.3) is 5.91 Å². The van der Waals surface area contributed by atoms with Gasteiger partial charge in [-0.3, -0.25) is 9.89 Å². The molecule has 2 aromatic carbocycles. The van der Waals surface area contributed by atoms with Crippen LogP contribution in [0.15, 0.2) is 48.5 Å². The number of nitrogens with zero attached hydrogens (tertiary/aromatic N) is 2. The molecule has 1 aliphatic heterocycles. The number of aromatic amines is 1. The van der Waals surface area contributed by atoms with E-state index in [4.69, 9.17) is 16.3 Å². The molecule has 6 heteroatoms. The highest BCUT2D eigenvalue weighted by Crippen LogP contribution is 2.44. The molecule has 0 radical (unpaired) electrons. The first kappa shape index (κ1) is 19.5. The van der Waals surface area contributed by atoms with E-state index in [0.29, 0.717) is 17.3 Å². The second-order valence-electron chi connectivity index (χ2n) is 7.49. The number of carbonyl (C=O) groups is 1. The van der Waals surface area contributed by atoms with Crippen LogP contribution in [-0.4, -0.2) is 33.7 Å². The van der Waals surface area contributed by atoms with Gasteiger partial charge in [0, 0.05) is 22.2 Å². The number of ether oxygens (including phenoxy) is 1. The van der Waals surface area contributed by atoms with Gasteiger partial charge in [-0.05, 0) is 50.1 Å². The highest BCUT2D eigenvalue weighted by atomic mass is 35.5. The fraction of sp³-hybridized carbons (Fsp3) is 0.304. The summed E-state index contributed by atoms with van der Waals surface area (Å²) in [7, 11) is 0. The zero-order valence-corrected chi connectivity index (χ0v) is 17.5. The number of nitrogens with one attached hydrogen (secondary N) is 1. The topological polar surface area (TPSA) is 58.2 Å². The summed E-state index contributed by atoms with van der Waals surface area (Å²) in [5.41, 5.74) is 4.21. The fourth-order valence-corrected chi connectivity index (χ4v) is 3.95. The monoisotopic (exact) mass is 409 g/mol. The zero-order chi connectivity index (χ0) is 20.5. The molecule has 0 bridgehead atoms. The number of halogens is 1. The molecule has 29 heavy (non-hydrogen) atoms. The molecule has 1 N–H and O–H groups in total. The van der Waals surface area contributed by atoms with Gasteiger partial charge in [0.1, 0.15) is 11.4 Å². The minimum Gasteiger partial charge on any atom is -0.494 e. The third kappa shape index (κ3) is 3.51. The molecular weight excluding hydrogens is 386 g/mol. The number of hydrogen-bond acceptors (Lipinski definition) is 3. The molecule has 3 aromatic rings. The lowest BCUT2D eigenvalue weighted by Crippen LogP contribution is -2.35. The number of carbonyl (C=O) groups excluding carboxylic acids is 1.